The van der Waals surface area contributed by atoms with Gasteiger partial charge < -0.3 is 10.3 Å². The minimum absolute atomic E-state index is 0.0366. The van der Waals surface area contributed by atoms with Crippen LogP contribution in [-0.4, -0.2) is 17.6 Å². The molecule has 0 saturated heterocycles. The van der Waals surface area contributed by atoms with Crippen LogP contribution in [0.2, 0.25) is 0 Å². The van der Waals surface area contributed by atoms with Crippen molar-refractivity contribution < 1.29 is 0 Å². The molecule has 0 aliphatic carbocycles. The number of H-pyrrole nitrogens is 1. The van der Waals surface area contributed by atoms with Gasteiger partial charge in [0.2, 0.25) is 0 Å². The molecule has 0 amide bonds. The molecule has 0 fully saturated rings. The Balaban J connectivity index is 2.29. The molecule has 2 N–H and O–H groups in total. The second kappa shape index (κ2) is 4.42. The summed E-state index contributed by atoms with van der Waals surface area (Å²) >= 11 is 1.22. The van der Waals surface area contributed by atoms with Gasteiger partial charge in [-0.15, -0.1) is 0 Å². The quantitative estimate of drug-likeness (QED) is 0.736. The second-order valence-electron chi connectivity index (χ2n) is 3.03. The van der Waals surface area contributed by atoms with Gasteiger partial charge >= 0.3 is 4.87 Å². The van der Waals surface area contributed by atoms with Crippen LogP contribution in [0.3, 0.4) is 0 Å². The minimum Gasteiger partial charge on any atom is -0.317 e. The third-order valence-corrected chi connectivity index (χ3v) is 2.24. The van der Waals surface area contributed by atoms with E-state index in [9.17, 15) is 4.79 Å². The number of thiazole rings is 1. The van der Waals surface area contributed by atoms with Crippen molar-refractivity contribution in [1.29, 1.82) is 0 Å². The van der Waals surface area contributed by atoms with Crippen molar-refractivity contribution >= 4 is 11.3 Å². The van der Waals surface area contributed by atoms with Crippen LogP contribution >= 0.6 is 11.3 Å². The lowest BCUT2D eigenvalue weighted by atomic mass is 10.3. The van der Waals surface area contributed by atoms with E-state index in [1.165, 1.54) is 11.3 Å². The number of nitrogens with one attached hydrogen (secondary N) is 2. The fourth-order valence-electron chi connectivity index (χ4n) is 0.932. The van der Waals surface area contributed by atoms with E-state index in [0.29, 0.717) is 6.04 Å². The first-order valence-corrected chi connectivity index (χ1v) is 4.96. The molecule has 68 valence electrons. The van der Waals surface area contributed by atoms with Crippen molar-refractivity contribution in [3.8, 4) is 0 Å². The number of aromatic nitrogens is 1. The van der Waals surface area contributed by atoms with E-state index in [2.05, 4.69) is 24.1 Å². The van der Waals surface area contributed by atoms with Gasteiger partial charge in [-0.3, -0.25) is 4.79 Å². The van der Waals surface area contributed by atoms with Crippen LogP contribution in [-0.2, 0) is 6.42 Å². The molecule has 1 rings (SSSR count). The molecule has 0 spiro atoms. The maximum Gasteiger partial charge on any atom is 0.304 e. The highest BCUT2D eigenvalue weighted by Crippen LogP contribution is 1.95. The highest BCUT2D eigenvalue weighted by molar-refractivity contribution is 7.07. The summed E-state index contributed by atoms with van der Waals surface area (Å²) in [5.74, 6) is 0. The van der Waals surface area contributed by atoms with E-state index in [0.717, 1.165) is 18.7 Å². The molecule has 4 heteroatoms. The molecular weight excluding hydrogens is 172 g/mol. The lowest BCUT2D eigenvalue weighted by molar-refractivity contribution is 0.587. The average molecular weight is 186 g/mol. The van der Waals surface area contributed by atoms with Gasteiger partial charge in [0.15, 0.2) is 0 Å². The predicted molar refractivity (Wildman–Crippen MR) is 51.8 cm³/mol. The van der Waals surface area contributed by atoms with Gasteiger partial charge in [0.1, 0.15) is 0 Å². The van der Waals surface area contributed by atoms with Crippen molar-refractivity contribution in [2.45, 2.75) is 26.3 Å². The van der Waals surface area contributed by atoms with Gasteiger partial charge in [-0.1, -0.05) is 25.2 Å². The largest absolute Gasteiger partial charge is 0.317 e. The summed E-state index contributed by atoms with van der Waals surface area (Å²) in [6.07, 6.45) is 0.900. The summed E-state index contributed by atoms with van der Waals surface area (Å²) in [6.45, 7) is 5.14. The van der Waals surface area contributed by atoms with Gasteiger partial charge in [0, 0.05) is 30.1 Å². The SMILES string of the molecule is CC(C)NCCc1csc(=O)[nH]1. The topological polar surface area (TPSA) is 44.9 Å². The number of rotatable bonds is 4. The van der Waals surface area contributed by atoms with Crippen LogP contribution < -0.4 is 10.2 Å². The van der Waals surface area contributed by atoms with Crippen LogP contribution in [0, 0.1) is 0 Å². The fourth-order valence-corrected chi connectivity index (χ4v) is 1.55. The molecule has 0 aliphatic heterocycles. The van der Waals surface area contributed by atoms with Gasteiger partial charge in [-0.25, -0.2) is 0 Å². The zero-order chi connectivity index (χ0) is 8.97. The van der Waals surface area contributed by atoms with Crippen LogP contribution in [0.1, 0.15) is 19.5 Å². The molecule has 0 atom stereocenters. The first-order valence-electron chi connectivity index (χ1n) is 4.08. The van der Waals surface area contributed by atoms with E-state index in [1.807, 2.05) is 5.38 Å². The van der Waals surface area contributed by atoms with Gasteiger partial charge in [-0.05, 0) is 0 Å². The molecule has 3 nitrogen and oxygen atoms in total. The van der Waals surface area contributed by atoms with Gasteiger partial charge in [0.25, 0.3) is 0 Å². The van der Waals surface area contributed by atoms with Crippen LogP contribution in [0.4, 0.5) is 0 Å². The Kier molecular flexibility index (Phi) is 3.49. The monoisotopic (exact) mass is 186 g/mol. The smallest absolute Gasteiger partial charge is 0.304 e. The van der Waals surface area contributed by atoms with Gasteiger partial charge in [-0.2, -0.15) is 0 Å². The van der Waals surface area contributed by atoms with Crippen molar-refractivity contribution in [3.05, 3.63) is 20.7 Å². The predicted octanol–water partition coefficient (Wildman–Crippen LogP) is 0.977. The number of hydrogen-bond acceptors (Lipinski definition) is 3. The Bertz CT molecular complexity index is 277. The van der Waals surface area contributed by atoms with E-state index >= 15 is 0 Å². The molecule has 0 aliphatic rings. The highest BCUT2D eigenvalue weighted by atomic mass is 32.1. The van der Waals surface area contributed by atoms with Crippen molar-refractivity contribution in [3.63, 3.8) is 0 Å². The summed E-state index contributed by atoms with van der Waals surface area (Å²) in [7, 11) is 0. The summed E-state index contributed by atoms with van der Waals surface area (Å²) in [5.41, 5.74) is 1.03. The van der Waals surface area contributed by atoms with Crippen LogP contribution in [0.15, 0.2) is 10.2 Å². The van der Waals surface area contributed by atoms with E-state index < -0.39 is 0 Å². The summed E-state index contributed by atoms with van der Waals surface area (Å²) in [4.78, 5) is 13.5. The molecule has 1 heterocycles. The Hall–Kier alpha value is -0.610. The Labute approximate surface area is 75.8 Å². The lowest BCUT2D eigenvalue weighted by Crippen LogP contribution is -2.25. The molecule has 12 heavy (non-hydrogen) atoms. The molecule has 0 unspecified atom stereocenters. The molecule has 1 aromatic heterocycles. The maximum absolute atomic E-state index is 10.7. The Morgan fingerprint density at radius 1 is 1.67 bits per heavy atom. The fraction of sp³-hybridized carbons (Fsp3) is 0.625. The van der Waals surface area contributed by atoms with Crippen molar-refractivity contribution in [2.24, 2.45) is 0 Å². The summed E-state index contributed by atoms with van der Waals surface area (Å²) in [5, 5.41) is 5.17. The Morgan fingerprint density at radius 3 is 2.92 bits per heavy atom. The molecular formula is C8H14N2OS. The standard InChI is InChI=1S/C8H14N2OS/c1-6(2)9-4-3-7-5-12-8(11)10-7/h5-6,9H,3-4H2,1-2H3,(H,10,11). The second-order valence-corrected chi connectivity index (χ2v) is 3.87. The van der Waals surface area contributed by atoms with E-state index in [1.54, 1.807) is 0 Å². The average Bonchev–Trinajstić information content (AvgIpc) is 2.35. The highest BCUT2D eigenvalue weighted by Gasteiger charge is 1.96. The third-order valence-electron chi connectivity index (χ3n) is 1.52. The molecule has 1 aromatic rings. The maximum atomic E-state index is 10.7. The lowest BCUT2D eigenvalue weighted by Gasteiger charge is -2.05. The van der Waals surface area contributed by atoms with Gasteiger partial charge in [0.05, 0.1) is 0 Å². The summed E-state index contributed by atoms with van der Waals surface area (Å²) in [6, 6.07) is 0.510. The number of hydrogen-bond donors (Lipinski definition) is 2. The van der Waals surface area contributed by atoms with Crippen LogP contribution in [0.25, 0.3) is 0 Å². The van der Waals surface area contributed by atoms with Crippen LogP contribution in [0.5, 0.6) is 0 Å². The van der Waals surface area contributed by atoms with E-state index in [4.69, 9.17) is 0 Å². The minimum atomic E-state index is 0.0366. The van der Waals surface area contributed by atoms with Crippen molar-refractivity contribution in [2.75, 3.05) is 6.54 Å². The summed E-state index contributed by atoms with van der Waals surface area (Å²) < 4.78 is 0. The number of aromatic amines is 1. The van der Waals surface area contributed by atoms with E-state index in [-0.39, 0.29) is 4.87 Å². The molecule has 0 bridgehead atoms. The normalized spacial score (nSPS) is 10.9. The first kappa shape index (κ1) is 9.48. The Morgan fingerprint density at radius 2 is 2.42 bits per heavy atom. The zero-order valence-electron chi connectivity index (χ0n) is 7.39. The zero-order valence-corrected chi connectivity index (χ0v) is 8.20. The van der Waals surface area contributed by atoms with Crippen molar-refractivity contribution in [1.82, 2.24) is 10.3 Å². The molecule has 0 saturated carbocycles. The molecule has 0 aromatic carbocycles. The first-order chi connectivity index (χ1) is 5.68. The molecule has 0 radical (unpaired) electrons. The third kappa shape index (κ3) is 3.19.